The van der Waals surface area contributed by atoms with E-state index >= 15 is 0 Å². The van der Waals surface area contributed by atoms with Crippen molar-refractivity contribution >= 4 is 67.5 Å². The largest absolute Gasteiger partial charge is 0.372 e. The first-order chi connectivity index (χ1) is 20.5. The SMILES string of the molecule is CCCCN(CCCC)c1ccc(/C=C/c2cc(Br)c(/C=C/c3ccc(N(CCCC)CCCC)cc3)cc2Br)cc1. The summed E-state index contributed by atoms with van der Waals surface area (Å²) in [5.74, 6) is 0. The molecule has 226 valence electrons. The van der Waals surface area contributed by atoms with Crippen LogP contribution in [-0.2, 0) is 0 Å². The highest BCUT2D eigenvalue weighted by molar-refractivity contribution is 9.11. The molecule has 0 aliphatic heterocycles. The van der Waals surface area contributed by atoms with Crippen molar-refractivity contribution < 1.29 is 0 Å². The van der Waals surface area contributed by atoms with E-state index < -0.39 is 0 Å². The average molecular weight is 695 g/mol. The smallest absolute Gasteiger partial charge is 0.0366 e. The van der Waals surface area contributed by atoms with E-state index in [4.69, 9.17) is 0 Å². The Morgan fingerprint density at radius 3 is 1.07 bits per heavy atom. The quantitative estimate of drug-likeness (QED) is 0.122. The van der Waals surface area contributed by atoms with Crippen molar-refractivity contribution in [3.63, 3.8) is 0 Å². The van der Waals surface area contributed by atoms with Gasteiger partial charge in [0.05, 0.1) is 0 Å². The number of halogens is 2. The molecular weight excluding hydrogens is 644 g/mol. The molecule has 3 aromatic rings. The summed E-state index contributed by atoms with van der Waals surface area (Å²) in [4.78, 5) is 5.06. The standard InChI is InChI=1S/C38H50Br2N2/c1-5-9-25-41(26-10-6-2)35-21-15-31(16-22-35)13-19-33-29-38(40)34(30-37(33)39)20-14-32-17-23-36(24-18-32)42(27-11-7-3)28-12-8-4/h13-24,29-30H,5-12,25-28H2,1-4H3/b19-13+,20-14+. The lowest BCUT2D eigenvalue weighted by atomic mass is 10.1. The number of hydrogen-bond acceptors (Lipinski definition) is 2. The third kappa shape index (κ3) is 11.1. The van der Waals surface area contributed by atoms with Crippen LogP contribution in [-0.4, -0.2) is 26.2 Å². The van der Waals surface area contributed by atoms with Crippen molar-refractivity contribution in [1.29, 1.82) is 0 Å². The Bertz CT molecular complexity index is 1130. The fourth-order valence-corrected chi connectivity index (χ4v) is 5.92. The molecule has 42 heavy (non-hydrogen) atoms. The van der Waals surface area contributed by atoms with E-state index in [0.29, 0.717) is 0 Å². The van der Waals surface area contributed by atoms with Crippen molar-refractivity contribution in [2.45, 2.75) is 79.1 Å². The van der Waals surface area contributed by atoms with Gasteiger partial charge in [-0.2, -0.15) is 0 Å². The van der Waals surface area contributed by atoms with Gasteiger partial charge in [0.25, 0.3) is 0 Å². The zero-order valence-corrected chi connectivity index (χ0v) is 29.4. The van der Waals surface area contributed by atoms with Crippen LogP contribution in [0.3, 0.4) is 0 Å². The van der Waals surface area contributed by atoms with Crippen molar-refractivity contribution in [1.82, 2.24) is 0 Å². The van der Waals surface area contributed by atoms with Crippen molar-refractivity contribution in [3.8, 4) is 0 Å². The zero-order valence-electron chi connectivity index (χ0n) is 26.2. The highest BCUT2D eigenvalue weighted by Crippen LogP contribution is 2.29. The summed E-state index contributed by atoms with van der Waals surface area (Å²) in [7, 11) is 0. The topological polar surface area (TPSA) is 6.48 Å². The molecule has 4 heteroatoms. The normalized spacial score (nSPS) is 11.6. The maximum atomic E-state index is 3.81. The molecule has 0 amide bonds. The third-order valence-electron chi connectivity index (χ3n) is 7.67. The number of unbranched alkanes of at least 4 members (excludes halogenated alkanes) is 4. The summed E-state index contributed by atoms with van der Waals surface area (Å²) in [5.41, 5.74) is 7.38. The monoisotopic (exact) mass is 692 g/mol. The molecule has 3 rings (SSSR count). The van der Waals surface area contributed by atoms with Crippen LogP contribution in [0.1, 0.15) is 101 Å². The van der Waals surface area contributed by atoms with Gasteiger partial charge in [-0.05, 0) is 84.3 Å². The second-order valence-corrected chi connectivity index (χ2v) is 12.8. The maximum Gasteiger partial charge on any atom is 0.0366 e. The van der Waals surface area contributed by atoms with Crippen LogP contribution < -0.4 is 9.80 Å². The van der Waals surface area contributed by atoms with Crippen LogP contribution in [0.15, 0.2) is 69.6 Å². The van der Waals surface area contributed by atoms with Crippen LogP contribution >= 0.6 is 31.9 Å². The van der Waals surface area contributed by atoms with Crippen molar-refractivity contribution in [2.24, 2.45) is 0 Å². The predicted molar refractivity (Wildman–Crippen MR) is 197 cm³/mol. The van der Waals surface area contributed by atoms with E-state index in [-0.39, 0.29) is 0 Å². The fourth-order valence-electron chi connectivity index (χ4n) is 4.93. The van der Waals surface area contributed by atoms with Crippen LogP contribution in [0.5, 0.6) is 0 Å². The Balaban J connectivity index is 1.67. The number of rotatable bonds is 18. The van der Waals surface area contributed by atoms with Gasteiger partial charge < -0.3 is 9.80 Å². The molecule has 0 aromatic heterocycles. The van der Waals surface area contributed by atoms with Gasteiger partial charge in [-0.25, -0.2) is 0 Å². The Labute approximate surface area is 273 Å². The van der Waals surface area contributed by atoms with Gasteiger partial charge in [0.15, 0.2) is 0 Å². The number of benzene rings is 3. The predicted octanol–water partition coefficient (Wildman–Crippen LogP) is 12.4. The molecule has 0 N–H and O–H groups in total. The molecule has 0 bridgehead atoms. The minimum atomic E-state index is 1.08. The van der Waals surface area contributed by atoms with Gasteiger partial charge in [-0.15, -0.1) is 0 Å². The molecule has 0 saturated carbocycles. The molecule has 0 spiro atoms. The third-order valence-corrected chi connectivity index (χ3v) is 9.04. The van der Waals surface area contributed by atoms with Crippen LogP contribution in [0, 0.1) is 0 Å². The second-order valence-electron chi connectivity index (χ2n) is 11.1. The Kier molecular flexibility index (Phi) is 15.5. The minimum Gasteiger partial charge on any atom is -0.372 e. The van der Waals surface area contributed by atoms with E-state index in [0.717, 1.165) is 46.3 Å². The van der Waals surface area contributed by atoms with Gasteiger partial charge in [-0.3, -0.25) is 0 Å². The average Bonchev–Trinajstić information content (AvgIpc) is 3.01. The molecule has 0 heterocycles. The van der Waals surface area contributed by atoms with Gasteiger partial charge in [0.1, 0.15) is 0 Å². The number of anilines is 2. The minimum absolute atomic E-state index is 1.08. The molecule has 0 fully saturated rings. The number of nitrogens with zero attached hydrogens (tertiary/aromatic N) is 2. The van der Waals surface area contributed by atoms with E-state index in [9.17, 15) is 0 Å². The van der Waals surface area contributed by atoms with E-state index in [1.807, 2.05) is 0 Å². The van der Waals surface area contributed by atoms with Gasteiger partial charge in [0.2, 0.25) is 0 Å². The Morgan fingerprint density at radius 1 is 0.476 bits per heavy atom. The van der Waals surface area contributed by atoms with E-state index in [1.165, 1.54) is 73.9 Å². The van der Waals surface area contributed by atoms with Crippen molar-refractivity contribution in [3.05, 3.63) is 91.9 Å². The maximum absolute atomic E-state index is 3.81. The van der Waals surface area contributed by atoms with Crippen LogP contribution in [0.4, 0.5) is 11.4 Å². The molecule has 2 nitrogen and oxygen atoms in total. The van der Waals surface area contributed by atoms with Gasteiger partial charge >= 0.3 is 0 Å². The summed E-state index contributed by atoms with van der Waals surface area (Å²) < 4.78 is 2.17. The molecule has 0 unspecified atom stereocenters. The fraction of sp³-hybridized carbons (Fsp3) is 0.421. The molecular formula is C38H50Br2N2. The first-order valence-electron chi connectivity index (χ1n) is 16.0. The van der Waals surface area contributed by atoms with Gasteiger partial charge in [0, 0.05) is 46.5 Å². The molecule has 0 aliphatic carbocycles. The molecule has 3 aromatic carbocycles. The number of hydrogen-bond donors (Lipinski definition) is 0. The van der Waals surface area contributed by atoms with Gasteiger partial charge in [-0.1, -0.05) is 134 Å². The van der Waals surface area contributed by atoms with Crippen LogP contribution in [0.25, 0.3) is 24.3 Å². The van der Waals surface area contributed by atoms with E-state index in [2.05, 4.69) is 154 Å². The Morgan fingerprint density at radius 2 is 0.786 bits per heavy atom. The van der Waals surface area contributed by atoms with Crippen LogP contribution in [0.2, 0.25) is 0 Å². The molecule has 0 aliphatic rings. The van der Waals surface area contributed by atoms with Crippen molar-refractivity contribution in [2.75, 3.05) is 36.0 Å². The lowest BCUT2D eigenvalue weighted by Crippen LogP contribution is -2.25. The molecule has 0 atom stereocenters. The first-order valence-corrected chi connectivity index (χ1v) is 17.6. The summed E-state index contributed by atoms with van der Waals surface area (Å²) in [6.07, 6.45) is 18.6. The molecule has 0 radical (unpaired) electrons. The summed E-state index contributed by atoms with van der Waals surface area (Å²) in [6.45, 7) is 13.6. The Hall–Kier alpha value is -2.30. The van der Waals surface area contributed by atoms with E-state index in [1.54, 1.807) is 0 Å². The molecule has 0 saturated heterocycles. The lowest BCUT2D eigenvalue weighted by molar-refractivity contribution is 0.678. The highest BCUT2D eigenvalue weighted by Gasteiger charge is 2.07. The first kappa shape index (κ1) is 34.2. The summed E-state index contributed by atoms with van der Waals surface area (Å²) >= 11 is 7.62. The summed E-state index contributed by atoms with van der Waals surface area (Å²) in [5, 5.41) is 0. The lowest BCUT2D eigenvalue weighted by Gasteiger charge is -2.24. The summed E-state index contributed by atoms with van der Waals surface area (Å²) in [6, 6.07) is 22.4. The highest BCUT2D eigenvalue weighted by atomic mass is 79.9. The second kappa shape index (κ2) is 19.1. The zero-order chi connectivity index (χ0) is 30.2.